The van der Waals surface area contributed by atoms with Crippen LogP contribution in [0.5, 0.6) is 0 Å². The van der Waals surface area contributed by atoms with Crippen LogP contribution in [-0.2, 0) is 9.84 Å². The Kier molecular flexibility index (Phi) is 3.62. The van der Waals surface area contributed by atoms with E-state index in [2.05, 4.69) is 17.2 Å². The summed E-state index contributed by atoms with van der Waals surface area (Å²) < 4.78 is 24.2. The molecule has 20 heavy (non-hydrogen) atoms. The number of nitrogens with one attached hydrogen (secondary N) is 1. The van der Waals surface area contributed by atoms with E-state index in [1.807, 2.05) is 17.5 Å². The second-order valence-electron chi connectivity index (χ2n) is 4.96. The van der Waals surface area contributed by atoms with Gasteiger partial charge in [0.1, 0.15) is 5.01 Å². The summed E-state index contributed by atoms with van der Waals surface area (Å²) in [5, 5.41) is 6.47. The van der Waals surface area contributed by atoms with Crippen LogP contribution in [0, 0.1) is 0 Å². The van der Waals surface area contributed by atoms with E-state index >= 15 is 0 Å². The molecule has 0 amide bonds. The quantitative estimate of drug-likeness (QED) is 0.947. The molecule has 0 saturated carbocycles. The summed E-state index contributed by atoms with van der Waals surface area (Å²) in [6, 6.07) is 7.46. The van der Waals surface area contributed by atoms with Crippen molar-refractivity contribution in [1.29, 1.82) is 0 Å². The van der Waals surface area contributed by atoms with Gasteiger partial charge >= 0.3 is 0 Å². The number of sulfone groups is 1. The normalized spacial score (nSPS) is 22.1. The average molecular weight is 308 g/mol. The average Bonchev–Trinajstić information content (AvgIpc) is 2.96. The van der Waals surface area contributed by atoms with Crippen molar-refractivity contribution < 1.29 is 8.42 Å². The van der Waals surface area contributed by atoms with Gasteiger partial charge in [0.2, 0.25) is 0 Å². The van der Waals surface area contributed by atoms with Gasteiger partial charge < -0.3 is 5.32 Å². The van der Waals surface area contributed by atoms with Gasteiger partial charge in [-0.3, -0.25) is 0 Å². The van der Waals surface area contributed by atoms with Crippen molar-refractivity contribution in [2.75, 3.05) is 5.75 Å². The van der Waals surface area contributed by atoms with Crippen LogP contribution in [0.15, 0.2) is 40.7 Å². The van der Waals surface area contributed by atoms with Crippen LogP contribution in [0.1, 0.15) is 36.0 Å². The highest BCUT2D eigenvalue weighted by atomic mass is 32.2. The molecule has 0 fully saturated rings. The van der Waals surface area contributed by atoms with E-state index in [0.29, 0.717) is 11.3 Å². The topological polar surface area (TPSA) is 59.1 Å². The van der Waals surface area contributed by atoms with E-state index < -0.39 is 9.84 Å². The summed E-state index contributed by atoms with van der Waals surface area (Å²) in [5.74, 6) is 0.201. The molecule has 2 unspecified atom stereocenters. The van der Waals surface area contributed by atoms with Crippen molar-refractivity contribution in [2.24, 2.45) is 0 Å². The Morgan fingerprint density at radius 1 is 1.40 bits per heavy atom. The van der Waals surface area contributed by atoms with Gasteiger partial charge in [-0.25, -0.2) is 13.4 Å². The third-order valence-electron chi connectivity index (χ3n) is 3.58. The van der Waals surface area contributed by atoms with Gasteiger partial charge in [-0.05, 0) is 25.0 Å². The maximum Gasteiger partial charge on any atom is 0.178 e. The second kappa shape index (κ2) is 5.27. The van der Waals surface area contributed by atoms with E-state index in [9.17, 15) is 8.42 Å². The summed E-state index contributed by atoms with van der Waals surface area (Å²) in [7, 11) is -3.12. The molecule has 2 atom stereocenters. The number of aromatic nitrogens is 1. The molecule has 0 radical (unpaired) electrons. The number of rotatable bonds is 3. The first-order valence-electron chi connectivity index (χ1n) is 6.55. The smallest absolute Gasteiger partial charge is 0.178 e. The summed E-state index contributed by atoms with van der Waals surface area (Å²) >= 11 is 1.61. The fourth-order valence-corrected chi connectivity index (χ4v) is 4.86. The molecule has 1 aliphatic rings. The van der Waals surface area contributed by atoms with E-state index in [4.69, 9.17) is 0 Å². The largest absolute Gasteiger partial charge is 0.301 e. The van der Waals surface area contributed by atoms with Crippen LogP contribution in [0.3, 0.4) is 0 Å². The molecule has 106 valence electrons. The number of hydrogen-bond donors (Lipinski definition) is 1. The highest BCUT2D eigenvalue weighted by molar-refractivity contribution is 7.91. The lowest BCUT2D eigenvalue weighted by Crippen LogP contribution is -2.31. The number of nitrogens with zero attached hydrogens (tertiary/aromatic N) is 1. The minimum Gasteiger partial charge on any atom is -0.301 e. The Labute approximate surface area is 122 Å². The minimum atomic E-state index is -3.12. The zero-order chi connectivity index (χ0) is 14.2. The molecule has 2 aromatic rings. The molecular weight excluding hydrogens is 292 g/mol. The predicted molar refractivity (Wildman–Crippen MR) is 79.5 cm³/mol. The SMILES string of the molecule is CC(NC1CCS(=O)(=O)c2ccccc21)c1nccs1. The Hall–Kier alpha value is -1.24. The molecule has 0 spiro atoms. The highest BCUT2D eigenvalue weighted by Crippen LogP contribution is 2.33. The summed E-state index contributed by atoms with van der Waals surface area (Å²) in [6.45, 7) is 2.06. The lowest BCUT2D eigenvalue weighted by Gasteiger charge is -2.28. The van der Waals surface area contributed by atoms with Gasteiger partial charge in [0, 0.05) is 17.6 Å². The number of thiazole rings is 1. The summed E-state index contributed by atoms with van der Waals surface area (Å²) in [6.07, 6.45) is 2.40. The first kappa shape index (κ1) is 13.7. The number of fused-ring (bicyclic) bond motifs is 1. The first-order chi connectivity index (χ1) is 9.58. The van der Waals surface area contributed by atoms with Crippen molar-refractivity contribution >= 4 is 21.2 Å². The van der Waals surface area contributed by atoms with Crippen molar-refractivity contribution in [3.63, 3.8) is 0 Å². The Balaban J connectivity index is 1.89. The zero-order valence-electron chi connectivity index (χ0n) is 11.1. The molecule has 2 heterocycles. The van der Waals surface area contributed by atoms with Gasteiger partial charge in [0.25, 0.3) is 0 Å². The lowest BCUT2D eigenvalue weighted by atomic mass is 10.0. The monoisotopic (exact) mass is 308 g/mol. The molecule has 1 aromatic heterocycles. The fraction of sp³-hybridized carbons (Fsp3) is 0.357. The third-order valence-corrected chi connectivity index (χ3v) is 6.35. The molecule has 1 aromatic carbocycles. The Bertz CT molecular complexity index is 696. The van der Waals surface area contributed by atoms with Crippen LogP contribution >= 0.6 is 11.3 Å². The van der Waals surface area contributed by atoms with Crippen molar-refractivity contribution in [3.8, 4) is 0 Å². The summed E-state index contributed by atoms with van der Waals surface area (Å²) in [5.41, 5.74) is 0.877. The fourth-order valence-electron chi connectivity index (χ4n) is 2.58. The second-order valence-corrected chi connectivity index (χ2v) is 7.96. The molecule has 0 aliphatic carbocycles. The van der Waals surface area contributed by atoms with Crippen LogP contribution in [0.25, 0.3) is 0 Å². The first-order valence-corrected chi connectivity index (χ1v) is 9.08. The van der Waals surface area contributed by atoms with Crippen LogP contribution in [0.2, 0.25) is 0 Å². The lowest BCUT2D eigenvalue weighted by molar-refractivity contribution is 0.440. The standard InChI is InChI=1S/C14H16N2O2S2/c1-10(14-15-7-8-19-14)16-12-6-9-20(17,18)13-5-3-2-4-11(12)13/h2-5,7-8,10,12,16H,6,9H2,1H3. The molecule has 1 N–H and O–H groups in total. The molecule has 3 rings (SSSR count). The van der Waals surface area contributed by atoms with Crippen LogP contribution < -0.4 is 5.32 Å². The van der Waals surface area contributed by atoms with Gasteiger partial charge in [0.15, 0.2) is 9.84 Å². The molecule has 0 bridgehead atoms. The van der Waals surface area contributed by atoms with E-state index in [-0.39, 0.29) is 17.8 Å². The highest BCUT2D eigenvalue weighted by Gasteiger charge is 2.30. The van der Waals surface area contributed by atoms with Crippen molar-refractivity contribution in [2.45, 2.75) is 30.3 Å². The Morgan fingerprint density at radius 3 is 2.95 bits per heavy atom. The predicted octanol–water partition coefficient (Wildman–Crippen LogP) is 2.71. The van der Waals surface area contributed by atoms with Gasteiger partial charge in [0.05, 0.1) is 16.7 Å². The van der Waals surface area contributed by atoms with Crippen LogP contribution in [-0.4, -0.2) is 19.2 Å². The van der Waals surface area contributed by atoms with Crippen LogP contribution in [0.4, 0.5) is 0 Å². The number of benzene rings is 1. The van der Waals surface area contributed by atoms with Gasteiger partial charge in [-0.15, -0.1) is 11.3 Å². The van der Waals surface area contributed by atoms with Gasteiger partial charge in [-0.1, -0.05) is 18.2 Å². The van der Waals surface area contributed by atoms with E-state index in [1.54, 1.807) is 29.7 Å². The van der Waals surface area contributed by atoms with Crippen molar-refractivity contribution in [1.82, 2.24) is 10.3 Å². The molecular formula is C14H16N2O2S2. The summed E-state index contributed by atoms with van der Waals surface area (Å²) in [4.78, 5) is 4.77. The molecule has 4 nitrogen and oxygen atoms in total. The Morgan fingerprint density at radius 2 is 2.20 bits per heavy atom. The molecule has 1 aliphatic heterocycles. The van der Waals surface area contributed by atoms with E-state index in [1.165, 1.54) is 0 Å². The maximum absolute atomic E-state index is 12.1. The molecule has 6 heteroatoms. The maximum atomic E-state index is 12.1. The third kappa shape index (κ3) is 2.51. The molecule has 0 saturated heterocycles. The van der Waals surface area contributed by atoms with E-state index in [0.717, 1.165) is 10.6 Å². The number of hydrogen-bond acceptors (Lipinski definition) is 5. The minimum absolute atomic E-state index is 0.0635. The van der Waals surface area contributed by atoms with Crippen molar-refractivity contribution in [3.05, 3.63) is 46.4 Å². The zero-order valence-corrected chi connectivity index (χ0v) is 12.7. The van der Waals surface area contributed by atoms with Gasteiger partial charge in [-0.2, -0.15) is 0 Å².